The molecule has 1 aromatic rings. The Morgan fingerprint density at radius 3 is 2.81 bits per heavy atom. The van der Waals surface area contributed by atoms with Crippen molar-refractivity contribution in [3.8, 4) is 0 Å². The Labute approximate surface area is 133 Å². The van der Waals surface area contributed by atoms with Crippen LogP contribution in [0, 0.1) is 5.92 Å². The first-order valence-electron chi connectivity index (χ1n) is 7.77. The first kappa shape index (κ1) is 16.5. The van der Waals surface area contributed by atoms with E-state index in [4.69, 9.17) is 11.6 Å². The van der Waals surface area contributed by atoms with E-state index in [9.17, 15) is 0 Å². The zero-order valence-corrected chi connectivity index (χ0v) is 14.3. The fraction of sp³-hybridized carbons (Fsp3) is 0.688. The second-order valence-electron chi connectivity index (χ2n) is 6.48. The Balaban J connectivity index is 2.02. The highest BCUT2D eigenvalue weighted by atomic mass is 35.5. The minimum atomic E-state index is 0.443. The fourth-order valence-electron chi connectivity index (χ4n) is 2.74. The van der Waals surface area contributed by atoms with Gasteiger partial charge in [-0.25, -0.2) is 4.98 Å². The van der Waals surface area contributed by atoms with Crippen molar-refractivity contribution in [3.63, 3.8) is 0 Å². The predicted octanol–water partition coefficient (Wildman–Crippen LogP) is 2.62. The molecule has 5 heteroatoms. The Kier molecular flexibility index (Phi) is 5.85. The highest BCUT2D eigenvalue weighted by Gasteiger charge is 2.24. The molecule has 1 aliphatic rings. The molecule has 0 bridgehead atoms. The summed E-state index contributed by atoms with van der Waals surface area (Å²) < 4.78 is 0. The molecule has 0 amide bonds. The van der Waals surface area contributed by atoms with Crippen molar-refractivity contribution in [1.29, 1.82) is 0 Å². The molecular formula is C16H27ClN4. The van der Waals surface area contributed by atoms with E-state index in [0.717, 1.165) is 49.1 Å². The van der Waals surface area contributed by atoms with E-state index < -0.39 is 0 Å². The molecule has 4 nitrogen and oxygen atoms in total. The van der Waals surface area contributed by atoms with E-state index in [-0.39, 0.29) is 0 Å². The minimum absolute atomic E-state index is 0.443. The van der Waals surface area contributed by atoms with Crippen molar-refractivity contribution >= 4 is 17.4 Å². The molecule has 1 atom stereocenters. The lowest BCUT2D eigenvalue weighted by molar-refractivity contribution is 0.274. The molecule has 2 rings (SSSR count). The van der Waals surface area contributed by atoms with Gasteiger partial charge in [-0.15, -0.1) is 0 Å². The van der Waals surface area contributed by atoms with Crippen molar-refractivity contribution in [3.05, 3.63) is 22.8 Å². The van der Waals surface area contributed by atoms with Gasteiger partial charge in [-0.2, -0.15) is 0 Å². The molecular weight excluding hydrogens is 284 g/mol. The van der Waals surface area contributed by atoms with Gasteiger partial charge in [-0.3, -0.25) is 0 Å². The van der Waals surface area contributed by atoms with E-state index >= 15 is 0 Å². The lowest BCUT2D eigenvalue weighted by Gasteiger charge is -2.39. The number of nitrogens with one attached hydrogen (secondary N) is 1. The number of hydrogen-bond acceptors (Lipinski definition) is 4. The predicted molar refractivity (Wildman–Crippen MR) is 90.1 cm³/mol. The molecule has 2 heterocycles. The summed E-state index contributed by atoms with van der Waals surface area (Å²) in [6, 6.07) is 2.49. The van der Waals surface area contributed by atoms with Crippen LogP contribution in [-0.2, 0) is 6.54 Å². The number of nitrogens with zero attached hydrogens (tertiary/aromatic N) is 3. The van der Waals surface area contributed by atoms with Gasteiger partial charge in [0.1, 0.15) is 5.82 Å². The van der Waals surface area contributed by atoms with Crippen LogP contribution in [0.5, 0.6) is 0 Å². The Hall–Kier alpha value is -0.840. The van der Waals surface area contributed by atoms with Gasteiger partial charge in [-0.05, 0) is 38.1 Å². The first-order valence-corrected chi connectivity index (χ1v) is 8.15. The van der Waals surface area contributed by atoms with Crippen molar-refractivity contribution in [1.82, 2.24) is 15.2 Å². The lowest BCUT2D eigenvalue weighted by atomic mass is 10.2. The van der Waals surface area contributed by atoms with Gasteiger partial charge in [0.05, 0.1) is 5.02 Å². The second-order valence-corrected chi connectivity index (χ2v) is 6.89. The summed E-state index contributed by atoms with van der Waals surface area (Å²) in [5.74, 6) is 1.57. The summed E-state index contributed by atoms with van der Waals surface area (Å²) in [6.45, 7) is 11.6. The summed E-state index contributed by atoms with van der Waals surface area (Å²) in [4.78, 5) is 9.27. The van der Waals surface area contributed by atoms with Crippen LogP contribution >= 0.6 is 11.6 Å². The second kappa shape index (κ2) is 7.43. The molecule has 1 saturated heterocycles. The molecule has 1 unspecified atom stereocenters. The third-order valence-corrected chi connectivity index (χ3v) is 4.14. The van der Waals surface area contributed by atoms with E-state index in [1.807, 2.05) is 12.3 Å². The molecule has 1 aliphatic heterocycles. The largest absolute Gasteiger partial charge is 0.350 e. The molecule has 1 N–H and O–H groups in total. The maximum Gasteiger partial charge on any atom is 0.147 e. The summed E-state index contributed by atoms with van der Waals surface area (Å²) in [6.07, 6.45) is 1.94. The van der Waals surface area contributed by atoms with Crippen LogP contribution in [0.1, 0.15) is 26.3 Å². The summed E-state index contributed by atoms with van der Waals surface area (Å²) in [5.41, 5.74) is 1.14. The van der Waals surface area contributed by atoms with Crippen LogP contribution < -0.4 is 10.2 Å². The van der Waals surface area contributed by atoms with E-state index in [1.54, 1.807) is 0 Å². The maximum absolute atomic E-state index is 6.46. The van der Waals surface area contributed by atoms with Crippen LogP contribution in [0.2, 0.25) is 5.02 Å². The molecule has 0 radical (unpaired) electrons. The third-order valence-electron chi connectivity index (χ3n) is 3.86. The van der Waals surface area contributed by atoms with Crippen molar-refractivity contribution < 1.29 is 0 Å². The molecule has 21 heavy (non-hydrogen) atoms. The van der Waals surface area contributed by atoms with Crippen LogP contribution in [-0.4, -0.2) is 49.2 Å². The molecule has 0 spiro atoms. The van der Waals surface area contributed by atoms with Crippen LogP contribution in [0.3, 0.4) is 0 Å². The van der Waals surface area contributed by atoms with Gasteiger partial charge in [0, 0.05) is 38.4 Å². The van der Waals surface area contributed by atoms with Gasteiger partial charge in [-0.1, -0.05) is 25.4 Å². The normalized spacial score (nSPS) is 20.3. The number of aromatic nitrogens is 1. The smallest absolute Gasteiger partial charge is 0.147 e. The molecule has 0 saturated carbocycles. The van der Waals surface area contributed by atoms with Crippen molar-refractivity contribution in [2.24, 2.45) is 5.92 Å². The summed E-state index contributed by atoms with van der Waals surface area (Å²) in [7, 11) is 2.16. The Morgan fingerprint density at radius 1 is 1.43 bits per heavy atom. The standard InChI is InChI=1S/C16H27ClN4/c1-12(2)8-18-9-14-7-15(17)16(19-10-14)21-6-5-20(4)11-13(21)3/h7,10,12-13,18H,5-6,8-9,11H2,1-4H3. The topological polar surface area (TPSA) is 31.4 Å². The zero-order valence-electron chi connectivity index (χ0n) is 13.6. The molecule has 1 fully saturated rings. The van der Waals surface area contributed by atoms with Gasteiger partial charge < -0.3 is 15.1 Å². The molecule has 118 valence electrons. The van der Waals surface area contributed by atoms with Gasteiger partial charge in [0.2, 0.25) is 0 Å². The number of piperazine rings is 1. The number of likely N-dealkylation sites (N-methyl/N-ethyl adjacent to an activating group) is 1. The number of rotatable bonds is 5. The molecule has 0 aromatic carbocycles. The van der Waals surface area contributed by atoms with Gasteiger partial charge >= 0.3 is 0 Å². The average Bonchev–Trinajstić information content (AvgIpc) is 2.39. The minimum Gasteiger partial charge on any atom is -0.350 e. The summed E-state index contributed by atoms with van der Waals surface area (Å²) in [5, 5.41) is 4.18. The fourth-order valence-corrected chi connectivity index (χ4v) is 3.04. The first-order chi connectivity index (χ1) is 9.97. The quantitative estimate of drug-likeness (QED) is 0.906. The summed E-state index contributed by atoms with van der Waals surface area (Å²) >= 11 is 6.46. The van der Waals surface area contributed by atoms with Crippen molar-refractivity contribution in [2.45, 2.75) is 33.4 Å². The Bertz CT molecular complexity index is 464. The molecule has 1 aromatic heterocycles. The third kappa shape index (κ3) is 4.56. The number of hydrogen-bond donors (Lipinski definition) is 1. The van der Waals surface area contributed by atoms with E-state index in [0.29, 0.717) is 12.0 Å². The van der Waals surface area contributed by atoms with Gasteiger partial charge in [0.15, 0.2) is 0 Å². The highest BCUT2D eigenvalue weighted by molar-refractivity contribution is 6.33. The number of halogens is 1. The maximum atomic E-state index is 6.46. The average molecular weight is 311 g/mol. The van der Waals surface area contributed by atoms with E-state index in [2.05, 4.69) is 47.9 Å². The SMILES string of the molecule is CC(C)CNCc1cnc(N2CCN(C)CC2C)c(Cl)c1. The number of anilines is 1. The van der Waals surface area contributed by atoms with Crippen LogP contribution in [0.4, 0.5) is 5.82 Å². The monoisotopic (exact) mass is 310 g/mol. The van der Waals surface area contributed by atoms with Crippen LogP contribution in [0.15, 0.2) is 12.3 Å². The van der Waals surface area contributed by atoms with E-state index in [1.165, 1.54) is 0 Å². The number of pyridine rings is 1. The van der Waals surface area contributed by atoms with Crippen LogP contribution in [0.25, 0.3) is 0 Å². The highest BCUT2D eigenvalue weighted by Crippen LogP contribution is 2.27. The zero-order chi connectivity index (χ0) is 15.4. The van der Waals surface area contributed by atoms with Gasteiger partial charge in [0.25, 0.3) is 0 Å². The van der Waals surface area contributed by atoms with Crippen molar-refractivity contribution in [2.75, 3.05) is 38.1 Å². The lowest BCUT2D eigenvalue weighted by Crippen LogP contribution is -2.50. The Morgan fingerprint density at radius 2 is 2.19 bits per heavy atom. The molecule has 0 aliphatic carbocycles.